The van der Waals surface area contributed by atoms with Gasteiger partial charge in [-0.3, -0.25) is 9.59 Å². The number of hydrogen-bond acceptors (Lipinski definition) is 4. The van der Waals surface area contributed by atoms with E-state index < -0.39 is 6.04 Å². The number of amides is 2. The Bertz CT molecular complexity index is 517. The maximum atomic E-state index is 12.2. The second kappa shape index (κ2) is 6.88. The topological polar surface area (TPSA) is 58.6 Å². The van der Waals surface area contributed by atoms with E-state index in [0.717, 1.165) is 4.88 Å². The van der Waals surface area contributed by atoms with Crippen LogP contribution in [0, 0.1) is 0 Å². The Kier molecular flexibility index (Phi) is 5.17. The standard InChI is InChI=1S/C13H15ClN2O3S/c1-2-12(17)16-5-6-19-8-10(16)13(18)15-7-9-3-4-11(14)20-9/h2-4,10H,1,5-8H2,(H,15,18)/t10-/m0/s1. The van der Waals surface area contributed by atoms with Crippen molar-refractivity contribution in [2.45, 2.75) is 12.6 Å². The van der Waals surface area contributed by atoms with Crippen LogP contribution in [0.1, 0.15) is 4.88 Å². The molecule has 1 aromatic rings. The summed E-state index contributed by atoms with van der Waals surface area (Å²) >= 11 is 7.24. The van der Waals surface area contributed by atoms with Crippen LogP contribution in [0.5, 0.6) is 0 Å². The number of carbonyl (C=O) groups excluding carboxylic acids is 2. The third-order valence-corrected chi connectivity index (χ3v) is 4.19. The van der Waals surface area contributed by atoms with Gasteiger partial charge in [-0.1, -0.05) is 18.2 Å². The zero-order valence-corrected chi connectivity index (χ0v) is 12.4. The smallest absolute Gasteiger partial charge is 0.246 e. The number of nitrogens with zero attached hydrogens (tertiary/aromatic N) is 1. The fraction of sp³-hybridized carbons (Fsp3) is 0.385. The van der Waals surface area contributed by atoms with Gasteiger partial charge >= 0.3 is 0 Å². The molecule has 1 aliphatic heterocycles. The molecular formula is C13H15ClN2O3S. The van der Waals surface area contributed by atoms with Crippen LogP contribution < -0.4 is 5.32 Å². The zero-order chi connectivity index (χ0) is 14.5. The van der Waals surface area contributed by atoms with Gasteiger partial charge in [0.2, 0.25) is 11.8 Å². The minimum atomic E-state index is -0.607. The Morgan fingerprint density at radius 2 is 2.40 bits per heavy atom. The maximum Gasteiger partial charge on any atom is 0.246 e. The van der Waals surface area contributed by atoms with Gasteiger partial charge in [0.05, 0.1) is 24.1 Å². The van der Waals surface area contributed by atoms with Gasteiger partial charge in [0.1, 0.15) is 6.04 Å². The van der Waals surface area contributed by atoms with Crippen molar-refractivity contribution >= 4 is 34.8 Å². The summed E-state index contributed by atoms with van der Waals surface area (Å²) in [5, 5.41) is 2.80. The van der Waals surface area contributed by atoms with Crippen LogP contribution >= 0.6 is 22.9 Å². The van der Waals surface area contributed by atoms with Gasteiger partial charge in [-0.15, -0.1) is 11.3 Å². The molecule has 5 nitrogen and oxygen atoms in total. The van der Waals surface area contributed by atoms with E-state index in [-0.39, 0.29) is 18.4 Å². The van der Waals surface area contributed by atoms with Gasteiger partial charge in [0.15, 0.2) is 0 Å². The van der Waals surface area contributed by atoms with Crippen LogP contribution in [0.2, 0.25) is 4.34 Å². The molecule has 2 heterocycles. The molecular weight excluding hydrogens is 300 g/mol. The number of morpholine rings is 1. The molecule has 108 valence electrons. The molecule has 7 heteroatoms. The van der Waals surface area contributed by atoms with Crippen LogP contribution in [0.25, 0.3) is 0 Å². The third kappa shape index (κ3) is 3.59. The first-order valence-corrected chi connectivity index (χ1v) is 7.34. The molecule has 0 unspecified atom stereocenters. The molecule has 0 spiro atoms. The van der Waals surface area contributed by atoms with E-state index in [1.165, 1.54) is 22.3 Å². The second-order valence-corrected chi connectivity index (χ2v) is 6.05. The number of carbonyl (C=O) groups is 2. The van der Waals surface area contributed by atoms with Crippen molar-refractivity contribution < 1.29 is 14.3 Å². The first-order chi connectivity index (χ1) is 9.61. The Balaban J connectivity index is 1.95. The summed E-state index contributed by atoms with van der Waals surface area (Å²) in [6.07, 6.45) is 1.21. The van der Waals surface area contributed by atoms with E-state index in [2.05, 4.69) is 11.9 Å². The first kappa shape index (κ1) is 15.0. The molecule has 1 aliphatic rings. The average Bonchev–Trinajstić information content (AvgIpc) is 2.89. The van der Waals surface area contributed by atoms with Crippen molar-refractivity contribution in [2.75, 3.05) is 19.8 Å². The molecule has 0 bridgehead atoms. The Labute approximate surface area is 126 Å². The quantitative estimate of drug-likeness (QED) is 0.855. The number of halogens is 1. The van der Waals surface area contributed by atoms with Crippen molar-refractivity contribution in [1.29, 1.82) is 0 Å². The van der Waals surface area contributed by atoms with Crippen molar-refractivity contribution in [3.05, 3.63) is 34.0 Å². The highest BCUT2D eigenvalue weighted by Gasteiger charge is 2.31. The molecule has 1 N–H and O–H groups in total. The van der Waals surface area contributed by atoms with E-state index in [9.17, 15) is 9.59 Å². The molecule has 20 heavy (non-hydrogen) atoms. The van der Waals surface area contributed by atoms with Crippen LogP contribution in [0.3, 0.4) is 0 Å². The fourth-order valence-electron chi connectivity index (χ4n) is 1.94. The largest absolute Gasteiger partial charge is 0.377 e. The lowest BCUT2D eigenvalue weighted by Gasteiger charge is -2.33. The summed E-state index contributed by atoms with van der Waals surface area (Å²) in [5.74, 6) is -0.489. The number of hydrogen-bond donors (Lipinski definition) is 1. The SMILES string of the molecule is C=CC(=O)N1CCOC[C@H]1C(=O)NCc1ccc(Cl)s1. The van der Waals surface area contributed by atoms with Gasteiger partial charge in [-0.05, 0) is 18.2 Å². The van der Waals surface area contributed by atoms with Crippen molar-refractivity contribution in [3.8, 4) is 0 Å². The second-order valence-electron chi connectivity index (χ2n) is 4.25. The van der Waals surface area contributed by atoms with Crippen LogP contribution in [-0.4, -0.2) is 42.5 Å². The molecule has 0 radical (unpaired) electrons. The lowest BCUT2D eigenvalue weighted by atomic mass is 10.2. The Hall–Kier alpha value is -1.37. The summed E-state index contributed by atoms with van der Waals surface area (Å²) < 4.78 is 5.96. The Morgan fingerprint density at radius 3 is 3.05 bits per heavy atom. The van der Waals surface area contributed by atoms with E-state index in [0.29, 0.717) is 24.0 Å². The number of thiophene rings is 1. The summed E-state index contributed by atoms with van der Waals surface area (Å²) in [7, 11) is 0. The molecule has 1 atom stereocenters. The van der Waals surface area contributed by atoms with Crippen LogP contribution in [-0.2, 0) is 20.9 Å². The van der Waals surface area contributed by atoms with Gasteiger partial charge in [-0.2, -0.15) is 0 Å². The summed E-state index contributed by atoms with van der Waals surface area (Å²) in [4.78, 5) is 26.3. The van der Waals surface area contributed by atoms with Gasteiger partial charge in [0, 0.05) is 11.4 Å². The molecule has 1 saturated heterocycles. The predicted molar refractivity (Wildman–Crippen MR) is 77.7 cm³/mol. The number of rotatable bonds is 4. The molecule has 0 aromatic carbocycles. The monoisotopic (exact) mass is 314 g/mol. The number of nitrogens with one attached hydrogen (secondary N) is 1. The van der Waals surface area contributed by atoms with Gasteiger partial charge < -0.3 is 15.0 Å². The molecule has 0 aliphatic carbocycles. The predicted octanol–water partition coefficient (Wildman–Crippen LogP) is 1.43. The van der Waals surface area contributed by atoms with E-state index >= 15 is 0 Å². The van der Waals surface area contributed by atoms with E-state index in [4.69, 9.17) is 16.3 Å². The highest BCUT2D eigenvalue weighted by atomic mass is 35.5. The normalized spacial score (nSPS) is 18.6. The molecule has 2 amide bonds. The van der Waals surface area contributed by atoms with Gasteiger partial charge in [0.25, 0.3) is 0 Å². The Morgan fingerprint density at radius 1 is 1.60 bits per heavy atom. The summed E-state index contributed by atoms with van der Waals surface area (Å²) in [6, 6.07) is 3.03. The van der Waals surface area contributed by atoms with Crippen molar-refractivity contribution in [2.24, 2.45) is 0 Å². The fourth-order valence-corrected chi connectivity index (χ4v) is 2.97. The zero-order valence-electron chi connectivity index (χ0n) is 10.8. The lowest BCUT2D eigenvalue weighted by Crippen LogP contribution is -2.55. The maximum absolute atomic E-state index is 12.2. The molecule has 0 saturated carbocycles. The highest BCUT2D eigenvalue weighted by Crippen LogP contribution is 2.21. The molecule has 1 aromatic heterocycles. The van der Waals surface area contributed by atoms with Crippen LogP contribution in [0.15, 0.2) is 24.8 Å². The average molecular weight is 315 g/mol. The summed E-state index contributed by atoms with van der Waals surface area (Å²) in [6.45, 7) is 4.88. The lowest BCUT2D eigenvalue weighted by molar-refractivity contribution is -0.145. The summed E-state index contributed by atoms with van der Waals surface area (Å²) in [5.41, 5.74) is 0. The van der Waals surface area contributed by atoms with Crippen molar-refractivity contribution in [1.82, 2.24) is 10.2 Å². The van der Waals surface area contributed by atoms with E-state index in [1.807, 2.05) is 6.07 Å². The first-order valence-electron chi connectivity index (χ1n) is 6.14. The molecule has 1 fully saturated rings. The minimum absolute atomic E-state index is 0.205. The minimum Gasteiger partial charge on any atom is -0.377 e. The van der Waals surface area contributed by atoms with Crippen LogP contribution in [0.4, 0.5) is 0 Å². The highest BCUT2D eigenvalue weighted by molar-refractivity contribution is 7.16. The molecule has 2 rings (SSSR count). The van der Waals surface area contributed by atoms with Gasteiger partial charge in [-0.25, -0.2) is 0 Å². The van der Waals surface area contributed by atoms with Crippen molar-refractivity contribution in [3.63, 3.8) is 0 Å². The number of ether oxygens (including phenoxy) is 1. The third-order valence-electron chi connectivity index (χ3n) is 2.95. The van der Waals surface area contributed by atoms with E-state index in [1.54, 1.807) is 6.07 Å².